The van der Waals surface area contributed by atoms with Crippen molar-refractivity contribution in [1.82, 2.24) is 0 Å². The first-order valence-corrected chi connectivity index (χ1v) is 20.0. The number of ether oxygens (including phenoxy) is 6. The van der Waals surface area contributed by atoms with Crippen LogP contribution in [0.4, 0.5) is 0 Å². The first kappa shape index (κ1) is 48.5. The molecule has 0 bridgehead atoms. The van der Waals surface area contributed by atoms with Gasteiger partial charge in [-0.1, -0.05) is 26.0 Å². The lowest BCUT2D eigenvalue weighted by Crippen LogP contribution is -2.09. The average Bonchev–Trinajstić information content (AvgIpc) is 3.24. The van der Waals surface area contributed by atoms with Gasteiger partial charge in [-0.2, -0.15) is 0 Å². The molecule has 0 radical (unpaired) electrons. The highest BCUT2D eigenvalue weighted by molar-refractivity contribution is 6.17. The van der Waals surface area contributed by atoms with Crippen molar-refractivity contribution in [3.05, 3.63) is 115 Å². The molecule has 0 fully saturated rings. The summed E-state index contributed by atoms with van der Waals surface area (Å²) >= 11 is 5.64. The van der Waals surface area contributed by atoms with E-state index in [-0.39, 0.29) is 11.5 Å². The predicted molar refractivity (Wildman–Crippen MR) is 221 cm³/mol. The van der Waals surface area contributed by atoms with Crippen LogP contribution in [0.5, 0.6) is 17.2 Å². The fourth-order valence-corrected chi connectivity index (χ4v) is 5.15. The molecule has 0 atom stereocenters. The molecule has 0 aromatic heterocycles. The number of alkyl halides is 1. The fourth-order valence-electron chi connectivity index (χ4n) is 4.96. The van der Waals surface area contributed by atoms with Gasteiger partial charge < -0.3 is 33.5 Å². The number of unbranched alkanes of at least 4 members (excludes halogenated alkanes) is 9. The smallest absolute Gasteiger partial charge is 0.343 e. The fraction of sp³-hybridized carbons (Fsp3) is 0.400. The lowest BCUT2D eigenvalue weighted by Gasteiger charge is -2.08. The van der Waals surface area contributed by atoms with E-state index in [2.05, 4.69) is 13.2 Å². The zero-order chi connectivity index (χ0) is 42.2. The molecule has 0 saturated carbocycles. The van der Waals surface area contributed by atoms with E-state index in [1.54, 1.807) is 60.7 Å². The van der Waals surface area contributed by atoms with Gasteiger partial charge in [-0.05, 0) is 137 Å². The van der Waals surface area contributed by atoms with Crippen molar-refractivity contribution < 1.29 is 57.5 Å². The van der Waals surface area contributed by atoms with E-state index in [9.17, 15) is 24.0 Å². The third kappa shape index (κ3) is 22.2. The Kier molecular flexibility index (Phi) is 25.5. The number of aromatic carboxylic acids is 1. The number of rotatable bonds is 28. The maximum Gasteiger partial charge on any atom is 0.343 e. The molecular weight excluding hydrogens is 768 g/mol. The Bertz CT molecular complexity index is 1670. The van der Waals surface area contributed by atoms with Gasteiger partial charge >= 0.3 is 29.8 Å². The molecular formula is C45H55ClO12. The van der Waals surface area contributed by atoms with Gasteiger partial charge in [0, 0.05) is 18.0 Å². The number of esters is 4. The van der Waals surface area contributed by atoms with Crippen LogP contribution in [0, 0.1) is 0 Å². The molecule has 13 heteroatoms. The highest BCUT2D eigenvalue weighted by Gasteiger charge is 2.12. The Hall–Kier alpha value is -5.62. The minimum absolute atomic E-state index is 0.247. The zero-order valence-electron chi connectivity index (χ0n) is 33.0. The lowest BCUT2D eigenvalue weighted by atomic mass is 10.2. The number of benzene rings is 3. The van der Waals surface area contributed by atoms with Crippen LogP contribution in [-0.4, -0.2) is 73.9 Å². The summed E-state index contributed by atoms with van der Waals surface area (Å²) in [5.74, 6) is -0.318. The molecule has 3 aromatic carbocycles. The normalized spacial score (nSPS) is 10.2. The molecule has 58 heavy (non-hydrogen) atoms. The van der Waals surface area contributed by atoms with Crippen LogP contribution in [0.1, 0.15) is 108 Å². The number of carbonyl (C=O) groups is 5. The molecule has 3 rings (SSSR count). The van der Waals surface area contributed by atoms with Gasteiger partial charge in [-0.3, -0.25) is 0 Å². The van der Waals surface area contributed by atoms with Crippen molar-refractivity contribution in [3.8, 4) is 17.2 Å². The summed E-state index contributed by atoms with van der Waals surface area (Å²) in [5.41, 5.74) is 1.04. The summed E-state index contributed by atoms with van der Waals surface area (Å²) < 4.78 is 31.7. The van der Waals surface area contributed by atoms with Crippen molar-refractivity contribution in [1.29, 1.82) is 0 Å². The number of carboxylic acids is 1. The van der Waals surface area contributed by atoms with Crippen LogP contribution in [0.15, 0.2) is 98.1 Å². The maximum absolute atomic E-state index is 12.4. The van der Waals surface area contributed by atoms with E-state index >= 15 is 0 Å². The summed E-state index contributed by atoms with van der Waals surface area (Å²) in [7, 11) is 0. The molecule has 0 amide bonds. The van der Waals surface area contributed by atoms with Crippen molar-refractivity contribution in [2.45, 2.75) is 77.0 Å². The van der Waals surface area contributed by atoms with Gasteiger partial charge in [0.2, 0.25) is 0 Å². The molecule has 0 aliphatic rings. The van der Waals surface area contributed by atoms with E-state index in [0.29, 0.717) is 67.3 Å². The maximum atomic E-state index is 12.4. The van der Waals surface area contributed by atoms with Gasteiger partial charge in [0.05, 0.1) is 49.7 Å². The van der Waals surface area contributed by atoms with Gasteiger partial charge in [-0.25, -0.2) is 24.0 Å². The summed E-state index contributed by atoms with van der Waals surface area (Å²) in [6.07, 6.45) is 13.3. The minimum Gasteiger partial charge on any atom is -0.494 e. The zero-order valence-corrected chi connectivity index (χ0v) is 33.8. The van der Waals surface area contributed by atoms with Crippen molar-refractivity contribution in [3.63, 3.8) is 0 Å². The molecule has 0 unspecified atom stereocenters. The predicted octanol–water partition coefficient (Wildman–Crippen LogP) is 9.58. The van der Waals surface area contributed by atoms with Gasteiger partial charge in [-0.15, -0.1) is 11.6 Å². The van der Waals surface area contributed by atoms with Gasteiger partial charge in [0.1, 0.15) is 17.2 Å². The topological polar surface area (TPSA) is 161 Å². The number of halogens is 1. The van der Waals surface area contributed by atoms with E-state index in [1.807, 2.05) is 0 Å². The number of carbonyl (C=O) groups excluding carboxylic acids is 4. The van der Waals surface area contributed by atoms with Crippen LogP contribution in [0.3, 0.4) is 0 Å². The molecule has 0 aliphatic heterocycles. The molecule has 0 spiro atoms. The lowest BCUT2D eigenvalue weighted by molar-refractivity contribution is -0.138. The summed E-state index contributed by atoms with van der Waals surface area (Å²) in [5, 5.41) is 8.77. The summed E-state index contributed by atoms with van der Waals surface area (Å²) in [6.45, 7) is 9.00. The van der Waals surface area contributed by atoms with E-state index in [0.717, 1.165) is 89.2 Å². The minimum atomic E-state index is -0.946. The molecule has 314 valence electrons. The second-order valence-corrected chi connectivity index (χ2v) is 13.2. The van der Waals surface area contributed by atoms with Crippen LogP contribution >= 0.6 is 11.6 Å². The first-order valence-electron chi connectivity index (χ1n) is 19.5. The largest absolute Gasteiger partial charge is 0.494 e. The highest BCUT2D eigenvalue weighted by atomic mass is 35.5. The van der Waals surface area contributed by atoms with Gasteiger partial charge in [0.15, 0.2) is 0 Å². The Morgan fingerprint density at radius 2 is 0.828 bits per heavy atom. The molecule has 3 aromatic rings. The Balaban J connectivity index is 0.000000467. The Morgan fingerprint density at radius 1 is 0.466 bits per heavy atom. The van der Waals surface area contributed by atoms with E-state index < -0.39 is 23.9 Å². The third-order valence-corrected chi connectivity index (χ3v) is 8.46. The van der Waals surface area contributed by atoms with E-state index in [1.165, 1.54) is 12.1 Å². The molecule has 12 nitrogen and oxygen atoms in total. The second-order valence-electron chi connectivity index (χ2n) is 12.8. The standard InChI is InChI=1S/C29H35ClO7.C16H20O5/c1-2-27(31)35-21-9-6-5-8-20-34-25-15-11-24(12-16-25)29(33)37-26-17-13-23(14-18-26)28(32)36-22-10-4-3-7-19-30;1-2-15(17)21-12-6-4-3-5-11-20-14-9-7-13(8-10-14)16(18)19/h2,11-18H,1,3-10,19-22H2;2,7-10H,1,3-6,11-12H2,(H,18,19). The number of hydrogen-bond donors (Lipinski definition) is 1. The van der Waals surface area contributed by atoms with Crippen LogP contribution in [-0.2, 0) is 23.8 Å². The highest BCUT2D eigenvalue weighted by Crippen LogP contribution is 2.18. The van der Waals surface area contributed by atoms with Crippen LogP contribution in [0.25, 0.3) is 0 Å². The molecule has 0 heterocycles. The second kappa shape index (κ2) is 30.5. The van der Waals surface area contributed by atoms with E-state index in [4.69, 9.17) is 45.1 Å². The first-order chi connectivity index (χ1) is 28.2. The number of hydrogen-bond acceptors (Lipinski definition) is 11. The monoisotopic (exact) mass is 822 g/mol. The Morgan fingerprint density at radius 3 is 1.24 bits per heavy atom. The SMILES string of the molecule is C=CC(=O)OCCCCCCOc1ccc(C(=O)O)cc1.C=CC(=O)OCCCCCCOc1ccc(C(=O)Oc2ccc(C(=O)OCCCCCCCl)cc2)cc1. The summed E-state index contributed by atoms with van der Waals surface area (Å²) in [6, 6.07) is 19.3. The quantitative estimate of drug-likeness (QED) is 0.0185. The van der Waals surface area contributed by atoms with Crippen molar-refractivity contribution >= 4 is 41.4 Å². The van der Waals surface area contributed by atoms with Crippen LogP contribution < -0.4 is 14.2 Å². The Labute approximate surface area is 346 Å². The van der Waals surface area contributed by atoms with Crippen molar-refractivity contribution in [2.24, 2.45) is 0 Å². The number of carboxylic acid groups (broad SMARTS) is 1. The third-order valence-electron chi connectivity index (χ3n) is 8.19. The van der Waals surface area contributed by atoms with Crippen molar-refractivity contribution in [2.75, 3.05) is 38.9 Å². The molecule has 1 N–H and O–H groups in total. The average molecular weight is 823 g/mol. The van der Waals surface area contributed by atoms with Crippen LogP contribution in [0.2, 0.25) is 0 Å². The molecule has 0 saturated heterocycles. The summed E-state index contributed by atoms with van der Waals surface area (Å²) in [4.78, 5) is 57.0. The molecule has 0 aliphatic carbocycles. The van der Waals surface area contributed by atoms with Gasteiger partial charge in [0.25, 0.3) is 0 Å².